The molecule has 0 amide bonds. The first-order valence-electron chi connectivity index (χ1n) is 9.69. The van der Waals surface area contributed by atoms with Crippen LogP contribution in [0, 0.1) is 11.7 Å². The summed E-state index contributed by atoms with van der Waals surface area (Å²) < 4.78 is 61.1. The number of rotatable bonds is 5. The molecule has 2 aromatic heterocycles. The van der Waals surface area contributed by atoms with E-state index in [4.69, 9.17) is 4.74 Å². The monoisotopic (exact) mass is 434 g/mol. The Balaban J connectivity index is 1.69. The molecule has 3 aromatic rings. The largest absolute Gasteiger partial charge is 0.573 e. The average molecular weight is 434 g/mol. The smallest absolute Gasteiger partial charge is 0.474 e. The molecule has 9 heteroatoms. The molecular weight excluding hydrogens is 416 g/mol. The molecule has 1 aliphatic carbocycles. The minimum Gasteiger partial charge on any atom is -0.474 e. The second kappa shape index (κ2) is 8.13. The molecule has 1 fully saturated rings. The fourth-order valence-corrected chi connectivity index (χ4v) is 3.67. The van der Waals surface area contributed by atoms with Gasteiger partial charge in [0.25, 0.3) is 0 Å². The summed E-state index contributed by atoms with van der Waals surface area (Å²) in [5, 5.41) is 0.639. The molecule has 0 radical (unpaired) electrons. The van der Waals surface area contributed by atoms with Crippen LogP contribution in [0.25, 0.3) is 22.2 Å². The fraction of sp³-hybridized carbons (Fsp3) is 0.318. The maximum absolute atomic E-state index is 14.2. The van der Waals surface area contributed by atoms with Gasteiger partial charge in [-0.15, -0.1) is 13.2 Å². The first-order chi connectivity index (χ1) is 14.7. The highest BCUT2D eigenvalue weighted by Gasteiger charge is 2.32. The number of halogens is 4. The van der Waals surface area contributed by atoms with E-state index < -0.39 is 17.9 Å². The van der Waals surface area contributed by atoms with Gasteiger partial charge in [-0.3, -0.25) is 9.78 Å². The van der Waals surface area contributed by atoms with Gasteiger partial charge >= 0.3 is 6.36 Å². The van der Waals surface area contributed by atoms with E-state index in [0.29, 0.717) is 23.7 Å². The minimum absolute atomic E-state index is 0.0703. The molecule has 0 spiro atoms. The summed E-state index contributed by atoms with van der Waals surface area (Å²) in [5.41, 5.74) is 1.06. The summed E-state index contributed by atoms with van der Waals surface area (Å²) >= 11 is 0. The van der Waals surface area contributed by atoms with Crippen LogP contribution in [0.5, 0.6) is 11.6 Å². The summed E-state index contributed by atoms with van der Waals surface area (Å²) in [6, 6.07) is 8.21. The molecule has 1 aromatic carbocycles. The van der Waals surface area contributed by atoms with Gasteiger partial charge in [0.15, 0.2) is 11.6 Å². The third-order valence-corrected chi connectivity index (χ3v) is 5.26. The number of aromatic nitrogens is 2. The van der Waals surface area contributed by atoms with Gasteiger partial charge in [-0.05, 0) is 49.7 Å². The number of hydrogen-bond acceptors (Lipinski definition) is 5. The first-order valence-corrected chi connectivity index (χ1v) is 9.69. The third kappa shape index (κ3) is 4.76. The molecule has 162 valence electrons. The Morgan fingerprint density at radius 3 is 2.68 bits per heavy atom. The van der Waals surface area contributed by atoms with E-state index in [1.807, 2.05) is 6.92 Å². The fourth-order valence-electron chi connectivity index (χ4n) is 3.67. The van der Waals surface area contributed by atoms with Crippen molar-refractivity contribution in [3.63, 3.8) is 0 Å². The van der Waals surface area contributed by atoms with Crippen LogP contribution in [-0.4, -0.2) is 28.2 Å². The van der Waals surface area contributed by atoms with Crippen molar-refractivity contribution in [2.24, 2.45) is 5.92 Å². The lowest BCUT2D eigenvalue weighted by molar-refractivity contribution is -0.275. The number of nitrogens with zero attached hydrogens (tertiary/aromatic N) is 2. The molecule has 0 bridgehead atoms. The average Bonchev–Trinajstić information content (AvgIpc) is 3.15. The van der Waals surface area contributed by atoms with E-state index in [1.54, 1.807) is 24.4 Å². The Bertz CT molecular complexity index is 1130. The normalized spacial score (nSPS) is 17.7. The molecule has 5 nitrogen and oxygen atoms in total. The molecule has 2 atom stereocenters. The number of benzene rings is 1. The number of Topliss-reactive ketones (excluding diaryl/α,β-unsaturated/α-hetero) is 1. The predicted molar refractivity (Wildman–Crippen MR) is 104 cm³/mol. The van der Waals surface area contributed by atoms with E-state index in [-0.39, 0.29) is 34.9 Å². The van der Waals surface area contributed by atoms with Gasteiger partial charge in [0, 0.05) is 30.5 Å². The van der Waals surface area contributed by atoms with Crippen molar-refractivity contribution in [1.82, 2.24) is 9.97 Å². The van der Waals surface area contributed by atoms with Crippen molar-refractivity contribution >= 4 is 16.7 Å². The van der Waals surface area contributed by atoms with Gasteiger partial charge in [0.2, 0.25) is 5.88 Å². The molecule has 4 rings (SSSR count). The van der Waals surface area contributed by atoms with E-state index in [0.717, 1.165) is 18.6 Å². The number of pyridine rings is 2. The van der Waals surface area contributed by atoms with E-state index >= 15 is 0 Å². The number of hydrogen-bond donors (Lipinski definition) is 0. The Labute approximate surface area is 175 Å². The lowest BCUT2D eigenvalue weighted by Crippen LogP contribution is -2.22. The first kappa shape index (κ1) is 21.0. The van der Waals surface area contributed by atoms with Gasteiger partial charge in [0.05, 0.1) is 16.6 Å². The predicted octanol–water partition coefficient (Wildman–Crippen LogP) is 5.47. The molecule has 0 saturated heterocycles. The summed E-state index contributed by atoms with van der Waals surface area (Å²) in [7, 11) is 0. The number of carbonyl (C=O) groups is 1. The van der Waals surface area contributed by atoms with Crippen LogP contribution in [0.1, 0.15) is 26.2 Å². The van der Waals surface area contributed by atoms with Crippen LogP contribution >= 0.6 is 0 Å². The van der Waals surface area contributed by atoms with Crippen LogP contribution < -0.4 is 9.47 Å². The molecule has 31 heavy (non-hydrogen) atoms. The highest BCUT2D eigenvalue weighted by atomic mass is 19.4. The SMILES string of the molecule is C[C@@H](Oc1nc(-c2ccc(OC(F)(F)F)c(F)c2)cc2ncccc12)[C@H]1CCC(=O)C1. The van der Waals surface area contributed by atoms with Gasteiger partial charge in [0.1, 0.15) is 11.9 Å². The second-order valence-corrected chi connectivity index (χ2v) is 7.44. The minimum atomic E-state index is -4.99. The van der Waals surface area contributed by atoms with Crippen LogP contribution in [0.4, 0.5) is 17.6 Å². The van der Waals surface area contributed by atoms with Gasteiger partial charge in [-0.25, -0.2) is 9.37 Å². The highest BCUT2D eigenvalue weighted by molar-refractivity contribution is 5.87. The van der Waals surface area contributed by atoms with Crippen molar-refractivity contribution in [2.75, 3.05) is 0 Å². The zero-order valence-electron chi connectivity index (χ0n) is 16.4. The molecule has 0 unspecified atom stereocenters. The number of ether oxygens (including phenoxy) is 2. The summed E-state index contributed by atoms with van der Waals surface area (Å²) in [6.07, 6.45) is -1.98. The highest BCUT2D eigenvalue weighted by Crippen LogP contribution is 2.34. The molecule has 0 aliphatic heterocycles. The van der Waals surface area contributed by atoms with E-state index in [9.17, 15) is 22.4 Å². The Morgan fingerprint density at radius 1 is 1.19 bits per heavy atom. The zero-order chi connectivity index (χ0) is 22.2. The number of carbonyl (C=O) groups excluding carboxylic acids is 1. The molecule has 1 saturated carbocycles. The van der Waals surface area contributed by atoms with Crippen molar-refractivity contribution in [1.29, 1.82) is 0 Å². The zero-order valence-corrected chi connectivity index (χ0v) is 16.4. The molecule has 0 N–H and O–H groups in total. The van der Waals surface area contributed by atoms with Crippen LogP contribution in [0.15, 0.2) is 42.6 Å². The second-order valence-electron chi connectivity index (χ2n) is 7.44. The lowest BCUT2D eigenvalue weighted by atomic mass is 10.0. The van der Waals surface area contributed by atoms with E-state index in [1.165, 1.54) is 6.07 Å². The number of fused-ring (bicyclic) bond motifs is 1. The maximum atomic E-state index is 14.2. The summed E-state index contributed by atoms with van der Waals surface area (Å²) in [5.74, 6) is -1.56. The van der Waals surface area contributed by atoms with Crippen LogP contribution in [-0.2, 0) is 4.79 Å². The lowest BCUT2D eigenvalue weighted by Gasteiger charge is -2.21. The standard InChI is InChI=1S/C22H18F4N2O3/c1-12(13-4-6-15(29)9-13)30-21-16-3-2-8-27-19(16)11-18(28-21)14-5-7-20(17(23)10-14)31-22(24,25)26/h2-3,5,7-8,10-13H,4,6,9H2,1H3/t12-,13+/m1/s1. The summed E-state index contributed by atoms with van der Waals surface area (Å²) in [4.78, 5) is 20.4. The van der Waals surface area contributed by atoms with Crippen molar-refractivity contribution in [3.05, 3.63) is 48.4 Å². The van der Waals surface area contributed by atoms with E-state index in [2.05, 4.69) is 14.7 Å². The summed E-state index contributed by atoms with van der Waals surface area (Å²) in [6.45, 7) is 1.86. The molecule has 2 heterocycles. The number of alkyl halides is 3. The number of ketones is 1. The van der Waals surface area contributed by atoms with Gasteiger partial charge in [-0.1, -0.05) is 0 Å². The Hall–Kier alpha value is -3.23. The van der Waals surface area contributed by atoms with Crippen molar-refractivity contribution in [3.8, 4) is 22.9 Å². The Kier molecular flexibility index (Phi) is 5.51. The topological polar surface area (TPSA) is 61.3 Å². The Morgan fingerprint density at radius 2 is 2.00 bits per heavy atom. The van der Waals surface area contributed by atoms with Gasteiger partial charge < -0.3 is 9.47 Å². The molecular formula is C22H18F4N2O3. The van der Waals surface area contributed by atoms with Gasteiger partial charge in [-0.2, -0.15) is 0 Å². The quantitative estimate of drug-likeness (QED) is 0.499. The van der Waals surface area contributed by atoms with Crippen molar-refractivity contribution < 1.29 is 31.8 Å². The van der Waals surface area contributed by atoms with Crippen molar-refractivity contribution in [2.45, 2.75) is 38.7 Å². The third-order valence-electron chi connectivity index (χ3n) is 5.26. The van der Waals surface area contributed by atoms with Crippen LogP contribution in [0.2, 0.25) is 0 Å². The molecule has 1 aliphatic rings. The van der Waals surface area contributed by atoms with Crippen LogP contribution in [0.3, 0.4) is 0 Å². The maximum Gasteiger partial charge on any atom is 0.573 e.